The first-order valence-electron chi connectivity index (χ1n) is 8.99. The Kier molecular flexibility index (Phi) is 8.23. The summed E-state index contributed by atoms with van der Waals surface area (Å²) in [6.45, 7) is -0.345. The molecule has 0 aliphatic carbocycles. The lowest BCUT2D eigenvalue weighted by Gasteiger charge is -2.14. The Bertz CT molecular complexity index is 1200. The Morgan fingerprint density at radius 2 is 1.48 bits per heavy atom. The van der Waals surface area contributed by atoms with Gasteiger partial charge in [0.2, 0.25) is 0 Å². The number of halogens is 4. The van der Waals surface area contributed by atoms with Crippen LogP contribution in [-0.4, -0.2) is 28.4 Å². The number of hydrogen-bond donors (Lipinski definition) is 5. The third-order valence-corrected chi connectivity index (χ3v) is 5.01. The van der Waals surface area contributed by atoms with Gasteiger partial charge in [0.15, 0.2) is 18.2 Å². The Labute approximate surface area is 207 Å². The zero-order valence-electron chi connectivity index (χ0n) is 16.5. The zero-order valence-corrected chi connectivity index (χ0v) is 19.5. The van der Waals surface area contributed by atoms with Crippen molar-refractivity contribution < 1.29 is 14.3 Å². The lowest BCUT2D eigenvalue weighted by Crippen LogP contribution is -2.35. The van der Waals surface area contributed by atoms with E-state index in [1.54, 1.807) is 6.07 Å². The van der Waals surface area contributed by atoms with Crippen molar-refractivity contribution in [2.75, 3.05) is 23.2 Å². The lowest BCUT2D eigenvalue weighted by atomic mass is 10.2. The maximum atomic E-state index is 12.3. The van der Waals surface area contributed by atoms with Crippen molar-refractivity contribution in [2.24, 2.45) is 0 Å². The second kappa shape index (κ2) is 11.1. The summed E-state index contributed by atoms with van der Waals surface area (Å²) in [6.07, 6.45) is 1.17. The number of rotatable bonds is 8. The van der Waals surface area contributed by atoms with Crippen LogP contribution in [-0.2, 0) is 4.79 Å². The zero-order chi connectivity index (χ0) is 24.0. The van der Waals surface area contributed by atoms with Gasteiger partial charge in [-0.25, -0.2) is 9.97 Å². The summed E-state index contributed by atoms with van der Waals surface area (Å²) in [6, 6.07) is 9.03. The van der Waals surface area contributed by atoms with E-state index in [0.29, 0.717) is 15.8 Å². The molecule has 6 N–H and O–H groups in total. The van der Waals surface area contributed by atoms with E-state index < -0.39 is 11.8 Å². The Morgan fingerprint density at radius 3 is 2.12 bits per heavy atom. The first kappa shape index (κ1) is 24.5. The number of nitrogens with one attached hydrogen (secondary N) is 4. The molecule has 0 atom stereocenters. The molecule has 3 aromatic rings. The van der Waals surface area contributed by atoms with Crippen LogP contribution in [0, 0.1) is 0 Å². The van der Waals surface area contributed by atoms with Gasteiger partial charge in [0.05, 0.1) is 15.6 Å². The number of benzene rings is 2. The largest absolute Gasteiger partial charge is 0.482 e. The maximum absolute atomic E-state index is 12.3. The third-order valence-electron chi connectivity index (χ3n) is 3.93. The summed E-state index contributed by atoms with van der Waals surface area (Å²) in [5.74, 6) is -0.649. The molecule has 0 aliphatic heterocycles. The average molecular weight is 531 g/mol. The number of nitrogen functional groups attached to an aromatic ring is 1. The molecule has 2 amide bonds. The highest BCUT2D eigenvalue weighted by Crippen LogP contribution is 2.27. The molecule has 1 heterocycles. The topological polar surface area (TPSA) is 143 Å². The van der Waals surface area contributed by atoms with E-state index in [0.717, 1.165) is 0 Å². The molecule has 0 saturated heterocycles. The van der Waals surface area contributed by atoms with Crippen LogP contribution >= 0.6 is 46.4 Å². The number of nitrogens with two attached hydrogens (primary N) is 1. The number of anilines is 3. The molecule has 0 saturated carbocycles. The van der Waals surface area contributed by atoms with E-state index in [4.69, 9.17) is 56.9 Å². The molecule has 0 spiro atoms. The van der Waals surface area contributed by atoms with Gasteiger partial charge in [-0.3, -0.25) is 31.3 Å². The van der Waals surface area contributed by atoms with Crippen LogP contribution in [0.3, 0.4) is 0 Å². The monoisotopic (exact) mass is 529 g/mol. The minimum Gasteiger partial charge on any atom is -0.482 e. The summed E-state index contributed by atoms with van der Waals surface area (Å²) in [7, 11) is 0. The summed E-state index contributed by atoms with van der Waals surface area (Å²) >= 11 is 23.7. The minimum atomic E-state index is -0.546. The molecule has 0 aliphatic rings. The first-order chi connectivity index (χ1) is 15.7. The summed E-state index contributed by atoms with van der Waals surface area (Å²) in [5.41, 5.74) is 16.1. The summed E-state index contributed by atoms with van der Waals surface area (Å²) in [5, 5.41) is 1.27. The Balaban J connectivity index is 1.54. The standard InChI is InChI=1S/C19H15Cl4N7O3/c20-9-1-3-11(12(22)5-9)19(32)30-29-18-16(24)17(25-8-26-18)28-27-15(31)7-33-14-4-2-10(21)6-13(14)23/h1-6,8H,7,24H2,(H,27,31)(H,30,32)(H2,25,26,28,29). The van der Waals surface area contributed by atoms with Crippen LogP contribution in [0.25, 0.3) is 0 Å². The fraction of sp³-hybridized carbons (Fsp3) is 0.0526. The van der Waals surface area contributed by atoms with Gasteiger partial charge in [0.25, 0.3) is 11.8 Å². The molecule has 33 heavy (non-hydrogen) atoms. The van der Waals surface area contributed by atoms with Crippen LogP contribution in [0.15, 0.2) is 42.7 Å². The molecule has 172 valence electrons. The molecule has 0 fully saturated rings. The molecule has 0 radical (unpaired) electrons. The minimum absolute atomic E-state index is 0.0157. The van der Waals surface area contributed by atoms with E-state index in [-0.39, 0.29) is 39.5 Å². The Hall–Kier alpha value is -3.18. The lowest BCUT2D eigenvalue weighted by molar-refractivity contribution is -0.122. The SMILES string of the molecule is Nc1c(NNC(=O)COc2ccc(Cl)cc2Cl)ncnc1NNC(=O)c1ccc(Cl)cc1Cl. The van der Waals surface area contributed by atoms with Gasteiger partial charge >= 0.3 is 0 Å². The molecule has 14 heteroatoms. The number of carbonyl (C=O) groups excluding carboxylic acids is 2. The second-order valence-electron chi connectivity index (χ2n) is 6.22. The van der Waals surface area contributed by atoms with E-state index in [1.807, 2.05) is 0 Å². The number of amides is 2. The van der Waals surface area contributed by atoms with Crippen molar-refractivity contribution in [3.63, 3.8) is 0 Å². The van der Waals surface area contributed by atoms with Gasteiger partial charge in [-0.1, -0.05) is 46.4 Å². The van der Waals surface area contributed by atoms with E-state index in [2.05, 4.69) is 31.7 Å². The summed E-state index contributed by atoms with van der Waals surface area (Å²) < 4.78 is 5.33. The van der Waals surface area contributed by atoms with Crippen LogP contribution < -0.4 is 32.2 Å². The predicted molar refractivity (Wildman–Crippen MR) is 128 cm³/mol. The normalized spacial score (nSPS) is 10.3. The van der Waals surface area contributed by atoms with Gasteiger partial charge in [-0.2, -0.15) is 0 Å². The molecular formula is C19H15Cl4N7O3. The Morgan fingerprint density at radius 1 is 0.879 bits per heavy atom. The predicted octanol–water partition coefficient (Wildman–Crippen LogP) is 3.95. The summed E-state index contributed by atoms with van der Waals surface area (Å²) in [4.78, 5) is 32.2. The second-order valence-corrected chi connectivity index (χ2v) is 7.91. The number of hydrogen-bond acceptors (Lipinski definition) is 8. The van der Waals surface area contributed by atoms with Gasteiger partial charge in [-0.15, -0.1) is 0 Å². The number of nitrogens with zero attached hydrogens (tertiary/aromatic N) is 2. The number of ether oxygens (including phenoxy) is 1. The van der Waals surface area contributed by atoms with Crippen LogP contribution in [0.2, 0.25) is 20.1 Å². The highest BCUT2D eigenvalue weighted by atomic mass is 35.5. The molecule has 0 unspecified atom stereocenters. The van der Waals surface area contributed by atoms with Gasteiger partial charge < -0.3 is 10.5 Å². The van der Waals surface area contributed by atoms with Gasteiger partial charge in [0.1, 0.15) is 17.8 Å². The van der Waals surface area contributed by atoms with Crippen molar-refractivity contribution in [3.05, 3.63) is 68.4 Å². The van der Waals surface area contributed by atoms with Crippen molar-refractivity contribution in [1.82, 2.24) is 20.8 Å². The number of carbonyl (C=O) groups is 2. The molecule has 10 nitrogen and oxygen atoms in total. The first-order valence-corrected chi connectivity index (χ1v) is 10.5. The van der Waals surface area contributed by atoms with Crippen LogP contribution in [0.4, 0.5) is 17.3 Å². The van der Waals surface area contributed by atoms with Crippen molar-refractivity contribution in [1.29, 1.82) is 0 Å². The maximum Gasteiger partial charge on any atom is 0.276 e. The molecule has 2 aromatic carbocycles. The number of hydrazine groups is 2. The molecule has 1 aromatic heterocycles. The smallest absolute Gasteiger partial charge is 0.276 e. The van der Waals surface area contributed by atoms with E-state index in [1.165, 1.54) is 36.7 Å². The molecule has 3 rings (SSSR count). The van der Waals surface area contributed by atoms with Crippen LogP contribution in [0.5, 0.6) is 5.75 Å². The van der Waals surface area contributed by atoms with E-state index >= 15 is 0 Å². The molecular weight excluding hydrogens is 516 g/mol. The van der Waals surface area contributed by atoms with Crippen molar-refractivity contribution in [2.45, 2.75) is 0 Å². The highest BCUT2D eigenvalue weighted by molar-refractivity contribution is 6.37. The highest BCUT2D eigenvalue weighted by Gasteiger charge is 2.14. The van der Waals surface area contributed by atoms with Gasteiger partial charge in [-0.05, 0) is 36.4 Å². The fourth-order valence-corrected chi connectivity index (χ4v) is 3.31. The van der Waals surface area contributed by atoms with E-state index in [9.17, 15) is 9.59 Å². The van der Waals surface area contributed by atoms with Crippen LogP contribution in [0.1, 0.15) is 10.4 Å². The fourth-order valence-electron chi connectivity index (χ4n) is 2.35. The quantitative estimate of drug-likeness (QED) is 0.275. The number of aromatic nitrogens is 2. The van der Waals surface area contributed by atoms with Crippen molar-refractivity contribution >= 4 is 75.5 Å². The molecule has 0 bridgehead atoms. The van der Waals surface area contributed by atoms with Gasteiger partial charge in [0, 0.05) is 10.0 Å². The third kappa shape index (κ3) is 6.65. The average Bonchev–Trinajstić information content (AvgIpc) is 2.76. The van der Waals surface area contributed by atoms with Crippen molar-refractivity contribution in [3.8, 4) is 5.75 Å².